The fourth-order valence-corrected chi connectivity index (χ4v) is 3.03. The fourth-order valence-electron chi connectivity index (χ4n) is 3.03. The zero-order chi connectivity index (χ0) is 15.5. The Hall–Kier alpha value is -1.79. The van der Waals surface area contributed by atoms with Gasteiger partial charge >= 0.3 is 0 Å². The van der Waals surface area contributed by atoms with Crippen molar-refractivity contribution in [2.24, 2.45) is 11.7 Å². The van der Waals surface area contributed by atoms with Gasteiger partial charge in [0.25, 0.3) is 0 Å². The first-order valence-electron chi connectivity index (χ1n) is 7.60. The monoisotopic (exact) mass is 304 g/mol. The zero-order valence-corrected chi connectivity index (χ0v) is 12.8. The van der Waals surface area contributed by atoms with Gasteiger partial charge in [0.1, 0.15) is 11.6 Å². The molecule has 0 bridgehead atoms. The van der Waals surface area contributed by atoms with Crippen LogP contribution in [0.15, 0.2) is 18.5 Å². The normalized spacial score (nSPS) is 19.0. The highest BCUT2D eigenvalue weighted by Crippen LogP contribution is 2.24. The molecule has 0 aliphatic carbocycles. The predicted molar refractivity (Wildman–Crippen MR) is 83.4 cm³/mol. The Kier molecular flexibility index (Phi) is 4.49. The first kappa shape index (κ1) is 15.1. The molecule has 0 saturated carbocycles. The number of ether oxygens (including phenoxy) is 1. The van der Waals surface area contributed by atoms with Gasteiger partial charge in [-0.25, -0.2) is 14.4 Å². The average Bonchev–Trinajstić information content (AvgIpc) is 3.01. The van der Waals surface area contributed by atoms with Gasteiger partial charge in [0.15, 0.2) is 5.65 Å². The second kappa shape index (κ2) is 6.54. The molecule has 1 aliphatic rings. The highest BCUT2D eigenvalue weighted by Gasteiger charge is 2.21. The number of fused-ring (bicyclic) bond motifs is 1. The number of hydrogen-bond acceptors (Lipinski definition) is 5. The minimum atomic E-state index is -0.280. The molecular formula is C16H21FN4O. The fraction of sp³-hybridized carbons (Fsp3) is 0.500. The van der Waals surface area contributed by atoms with Gasteiger partial charge in [-0.1, -0.05) is 0 Å². The van der Waals surface area contributed by atoms with Crippen molar-refractivity contribution in [3.05, 3.63) is 29.8 Å². The lowest BCUT2D eigenvalue weighted by atomic mass is 10.1. The minimum Gasteiger partial charge on any atom is -0.495 e. The predicted octanol–water partition coefficient (Wildman–Crippen LogP) is 1.60. The van der Waals surface area contributed by atoms with E-state index < -0.39 is 0 Å². The number of halogens is 1. The zero-order valence-electron chi connectivity index (χ0n) is 12.8. The van der Waals surface area contributed by atoms with Crippen molar-refractivity contribution in [3.63, 3.8) is 0 Å². The van der Waals surface area contributed by atoms with E-state index in [4.69, 9.17) is 10.5 Å². The van der Waals surface area contributed by atoms with E-state index in [0.717, 1.165) is 38.0 Å². The molecule has 3 rings (SSSR count). The van der Waals surface area contributed by atoms with Crippen LogP contribution in [0.25, 0.3) is 11.0 Å². The summed E-state index contributed by atoms with van der Waals surface area (Å²) in [5, 5.41) is 0.730. The molecule has 118 valence electrons. The van der Waals surface area contributed by atoms with Gasteiger partial charge in [0.05, 0.1) is 19.5 Å². The topological polar surface area (TPSA) is 64.3 Å². The summed E-state index contributed by atoms with van der Waals surface area (Å²) in [5.74, 6) is 0.906. The summed E-state index contributed by atoms with van der Waals surface area (Å²) in [7, 11) is 1.58. The highest BCUT2D eigenvalue weighted by atomic mass is 19.1. The van der Waals surface area contributed by atoms with Gasteiger partial charge < -0.3 is 15.4 Å². The van der Waals surface area contributed by atoms with Gasteiger partial charge in [-0.3, -0.25) is 0 Å². The van der Waals surface area contributed by atoms with E-state index in [2.05, 4.69) is 14.9 Å². The molecule has 2 aromatic heterocycles. The van der Waals surface area contributed by atoms with Crippen LogP contribution in [0.2, 0.25) is 0 Å². The van der Waals surface area contributed by atoms with Crippen LogP contribution in [0, 0.1) is 11.7 Å². The molecule has 0 spiro atoms. The molecule has 0 unspecified atom stereocenters. The van der Waals surface area contributed by atoms with E-state index in [1.54, 1.807) is 19.4 Å². The number of pyridine rings is 2. The number of nitrogens with zero attached hydrogens (tertiary/aromatic N) is 3. The Morgan fingerprint density at radius 1 is 1.41 bits per heavy atom. The number of hydrogen-bond donors (Lipinski definition) is 1. The smallest absolute Gasteiger partial charge is 0.159 e. The molecular weight excluding hydrogens is 283 g/mol. The van der Waals surface area contributed by atoms with Crippen molar-refractivity contribution in [1.82, 2.24) is 14.9 Å². The van der Waals surface area contributed by atoms with Crippen molar-refractivity contribution in [2.45, 2.75) is 12.8 Å². The van der Waals surface area contributed by atoms with Crippen molar-refractivity contribution >= 4 is 11.0 Å². The van der Waals surface area contributed by atoms with E-state index in [1.807, 2.05) is 0 Å². The van der Waals surface area contributed by atoms with Gasteiger partial charge in [0.2, 0.25) is 0 Å². The SMILES string of the molecule is COc1cnc2ncc(F)c(CCN3CC[C@H](CN)C3)c2c1. The van der Waals surface area contributed by atoms with E-state index in [-0.39, 0.29) is 5.82 Å². The molecule has 2 aromatic rings. The Labute approximate surface area is 129 Å². The molecule has 2 N–H and O–H groups in total. The molecule has 0 radical (unpaired) electrons. The lowest BCUT2D eigenvalue weighted by molar-refractivity contribution is 0.328. The minimum absolute atomic E-state index is 0.280. The standard InChI is InChI=1S/C16H21FN4O/c1-22-12-6-14-13(15(17)9-20-16(14)19-8-12)3-5-21-4-2-11(7-18)10-21/h6,8-9,11H,2-5,7,10,18H2,1H3/t11-/m1/s1. The molecule has 0 amide bonds. The van der Waals surface area contributed by atoms with Crippen molar-refractivity contribution < 1.29 is 9.13 Å². The first-order valence-corrected chi connectivity index (χ1v) is 7.60. The summed E-state index contributed by atoms with van der Waals surface area (Å²) in [6, 6.07) is 1.81. The van der Waals surface area contributed by atoms with Crippen LogP contribution >= 0.6 is 0 Å². The van der Waals surface area contributed by atoms with Crippen molar-refractivity contribution in [2.75, 3.05) is 33.3 Å². The maximum atomic E-state index is 14.2. The lowest BCUT2D eigenvalue weighted by Gasteiger charge is -2.16. The summed E-state index contributed by atoms with van der Waals surface area (Å²) >= 11 is 0. The van der Waals surface area contributed by atoms with Gasteiger partial charge in [-0.2, -0.15) is 0 Å². The summed E-state index contributed by atoms with van der Waals surface area (Å²) in [6.07, 6.45) is 4.62. The summed E-state index contributed by atoms with van der Waals surface area (Å²) < 4.78 is 19.4. The van der Waals surface area contributed by atoms with E-state index >= 15 is 0 Å². The molecule has 1 aliphatic heterocycles. The molecule has 1 fully saturated rings. The van der Waals surface area contributed by atoms with Crippen LogP contribution in [-0.4, -0.2) is 48.2 Å². The molecule has 1 atom stereocenters. The van der Waals surface area contributed by atoms with Gasteiger partial charge in [-0.15, -0.1) is 0 Å². The number of aromatic nitrogens is 2. The van der Waals surface area contributed by atoms with Crippen molar-refractivity contribution in [1.29, 1.82) is 0 Å². The molecule has 6 heteroatoms. The maximum Gasteiger partial charge on any atom is 0.159 e. The van der Waals surface area contributed by atoms with Crippen LogP contribution < -0.4 is 10.5 Å². The van der Waals surface area contributed by atoms with Crippen LogP contribution in [0.3, 0.4) is 0 Å². The molecule has 1 saturated heterocycles. The number of methoxy groups -OCH3 is 1. The molecule has 5 nitrogen and oxygen atoms in total. The van der Waals surface area contributed by atoms with Crippen LogP contribution in [-0.2, 0) is 6.42 Å². The number of rotatable bonds is 5. The Morgan fingerprint density at radius 3 is 2.95 bits per heavy atom. The summed E-state index contributed by atoms with van der Waals surface area (Å²) in [6.45, 7) is 3.59. The number of nitrogens with two attached hydrogens (primary N) is 1. The highest BCUT2D eigenvalue weighted by molar-refractivity contribution is 5.80. The van der Waals surface area contributed by atoms with E-state index in [0.29, 0.717) is 29.3 Å². The third kappa shape index (κ3) is 3.03. The Balaban J connectivity index is 1.81. The van der Waals surface area contributed by atoms with Crippen LogP contribution in [0.5, 0.6) is 5.75 Å². The quantitative estimate of drug-likeness (QED) is 0.909. The lowest BCUT2D eigenvalue weighted by Crippen LogP contribution is -2.25. The molecule has 0 aromatic carbocycles. The Morgan fingerprint density at radius 2 is 2.23 bits per heavy atom. The molecule has 22 heavy (non-hydrogen) atoms. The summed E-state index contributed by atoms with van der Waals surface area (Å²) in [4.78, 5) is 10.6. The van der Waals surface area contributed by atoms with Crippen LogP contribution in [0.1, 0.15) is 12.0 Å². The number of likely N-dealkylation sites (tertiary alicyclic amines) is 1. The van der Waals surface area contributed by atoms with E-state index in [9.17, 15) is 4.39 Å². The van der Waals surface area contributed by atoms with Gasteiger partial charge in [0, 0.05) is 24.0 Å². The third-order valence-electron chi connectivity index (χ3n) is 4.37. The Bertz CT molecular complexity index is 664. The second-order valence-electron chi connectivity index (χ2n) is 5.77. The second-order valence-corrected chi connectivity index (χ2v) is 5.77. The summed E-state index contributed by atoms with van der Waals surface area (Å²) in [5.41, 5.74) is 6.93. The maximum absolute atomic E-state index is 14.2. The van der Waals surface area contributed by atoms with E-state index in [1.165, 1.54) is 6.20 Å². The van der Waals surface area contributed by atoms with Crippen LogP contribution in [0.4, 0.5) is 4.39 Å². The average molecular weight is 304 g/mol. The van der Waals surface area contributed by atoms with Crippen molar-refractivity contribution in [3.8, 4) is 5.75 Å². The molecule has 3 heterocycles. The first-order chi connectivity index (χ1) is 10.7. The van der Waals surface area contributed by atoms with Gasteiger partial charge in [-0.05, 0) is 37.9 Å². The largest absolute Gasteiger partial charge is 0.495 e. The third-order valence-corrected chi connectivity index (χ3v) is 4.37.